The number of rotatable bonds is 7. The molecule has 1 aliphatic heterocycles. The molecule has 0 bridgehead atoms. The van der Waals surface area contributed by atoms with Gasteiger partial charge < -0.3 is 5.32 Å². The maximum absolute atomic E-state index is 12.6. The molecule has 124 valence electrons. The third kappa shape index (κ3) is 4.65. The van der Waals surface area contributed by atoms with E-state index < -0.39 is 10.2 Å². The van der Waals surface area contributed by atoms with Gasteiger partial charge in [0.25, 0.3) is 10.2 Å². The quantitative estimate of drug-likeness (QED) is 0.753. The fourth-order valence-electron chi connectivity index (χ4n) is 3.17. The van der Waals surface area contributed by atoms with Crippen LogP contribution in [-0.2, 0) is 10.2 Å². The molecule has 1 unspecified atom stereocenters. The highest BCUT2D eigenvalue weighted by Crippen LogP contribution is 2.39. The van der Waals surface area contributed by atoms with E-state index in [2.05, 4.69) is 30.8 Å². The van der Waals surface area contributed by atoms with Gasteiger partial charge in [0.2, 0.25) is 0 Å². The molecule has 0 amide bonds. The van der Waals surface area contributed by atoms with Gasteiger partial charge in [-0.25, -0.2) is 4.72 Å². The SMILES string of the molecule is CC(C)NCC1CCCCN1S(=O)(=O)NCC1(C)CCC1. The minimum Gasteiger partial charge on any atom is -0.313 e. The summed E-state index contributed by atoms with van der Waals surface area (Å²) >= 11 is 0. The summed E-state index contributed by atoms with van der Waals surface area (Å²) in [6, 6.07) is 0.478. The molecular formula is C15H31N3O2S. The van der Waals surface area contributed by atoms with E-state index in [1.165, 1.54) is 6.42 Å². The average molecular weight is 317 g/mol. The summed E-state index contributed by atoms with van der Waals surface area (Å²) in [6.45, 7) is 8.34. The van der Waals surface area contributed by atoms with Gasteiger partial charge in [0.05, 0.1) is 0 Å². The third-order valence-electron chi connectivity index (χ3n) is 4.89. The first-order valence-electron chi connectivity index (χ1n) is 8.32. The van der Waals surface area contributed by atoms with Crippen LogP contribution in [0.1, 0.15) is 59.3 Å². The summed E-state index contributed by atoms with van der Waals surface area (Å²) < 4.78 is 29.8. The zero-order chi connectivity index (χ0) is 15.5. The third-order valence-corrected chi connectivity index (χ3v) is 6.49. The monoisotopic (exact) mass is 317 g/mol. The van der Waals surface area contributed by atoms with E-state index in [4.69, 9.17) is 0 Å². The second-order valence-electron chi connectivity index (χ2n) is 7.31. The van der Waals surface area contributed by atoms with Gasteiger partial charge in [-0.1, -0.05) is 33.6 Å². The van der Waals surface area contributed by atoms with Crippen LogP contribution in [0.15, 0.2) is 0 Å². The van der Waals surface area contributed by atoms with E-state index in [9.17, 15) is 8.42 Å². The molecule has 2 aliphatic rings. The molecule has 0 spiro atoms. The van der Waals surface area contributed by atoms with Gasteiger partial charge in [-0.15, -0.1) is 0 Å². The van der Waals surface area contributed by atoms with Crippen LogP contribution in [-0.4, -0.2) is 44.4 Å². The van der Waals surface area contributed by atoms with Crippen molar-refractivity contribution >= 4 is 10.2 Å². The lowest BCUT2D eigenvalue weighted by atomic mass is 9.71. The Kier molecular flexibility index (Phi) is 5.68. The molecule has 5 nitrogen and oxygen atoms in total. The van der Waals surface area contributed by atoms with Crippen molar-refractivity contribution in [2.75, 3.05) is 19.6 Å². The smallest absolute Gasteiger partial charge is 0.279 e. The first-order valence-corrected chi connectivity index (χ1v) is 9.76. The predicted octanol–water partition coefficient (Wildman–Crippen LogP) is 1.86. The highest BCUT2D eigenvalue weighted by molar-refractivity contribution is 7.87. The van der Waals surface area contributed by atoms with E-state index >= 15 is 0 Å². The topological polar surface area (TPSA) is 61.4 Å². The van der Waals surface area contributed by atoms with Crippen molar-refractivity contribution in [1.82, 2.24) is 14.3 Å². The van der Waals surface area contributed by atoms with Crippen LogP contribution in [0.4, 0.5) is 0 Å². The molecule has 1 atom stereocenters. The van der Waals surface area contributed by atoms with Gasteiger partial charge in [-0.2, -0.15) is 12.7 Å². The predicted molar refractivity (Wildman–Crippen MR) is 86.4 cm³/mol. The number of piperidine rings is 1. The Morgan fingerprint density at radius 2 is 1.95 bits per heavy atom. The van der Waals surface area contributed by atoms with Crippen molar-refractivity contribution in [1.29, 1.82) is 0 Å². The van der Waals surface area contributed by atoms with E-state index in [-0.39, 0.29) is 11.5 Å². The number of nitrogens with zero attached hydrogens (tertiary/aromatic N) is 1. The zero-order valence-corrected chi connectivity index (χ0v) is 14.5. The lowest BCUT2D eigenvalue weighted by Crippen LogP contribution is -2.54. The highest BCUT2D eigenvalue weighted by atomic mass is 32.2. The molecule has 1 saturated carbocycles. The first-order chi connectivity index (χ1) is 9.82. The standard InChI is InChI=1S/C15H31N3O2S/c1-13(2)16-11-14-7-4-5-10-18(14)21(19,20)17-12-15(3)8-6-9-15/h13-14,16-17H,4-12H2,1-3H3. The van der Waals surface area contributed by atoms with E-state index in [1.54, 1.807) is 4.31 Å². The summed E-state index contributed by atoms with van der Waals surface area (Å²) in [5.74, 6) is 0. The Bertz CT molecular complexity index is 432. The second-order valence-corrected chi connectivity index (χ2v) is 9.02. The molecule has 1 aliphatic carbocycles. The maximum atomic E-state index is 12.6. The van der Waals surface area contributed by atoms with Crippen molar-refractivity contribution < 1.29 is 8.42 Å². The average Bonchev–Trinajstić information content (AvgIpc) is 2.41. The fraction of sp³-hybridized carbons (Fsp3) is 1.00. The molecule has 0 aromatic carbocycles. The molecule has 2 rings (SSSR count). The van der Waals surface area contributed by atoms with Gasteiger partial charge >= 0.3 is 0 Å². The van der Waals surface area contributed by atoms with Crippen LogP contribution in [0, 0.1) is 5.41 Å². The van der Waals surface area contributed by atoms with Crippen LogP contribution in [0.3, 0.4) is 0 Å². The van der Waals surface area contributed by atoms with Crippen molar-refractivity contribution in [3.05, 3.63) is 0 Å². The summed E-state index contributed by atoms with van der Waals surface area (Å²) in [6.07, 6.45) is 6.53. The number of nitrogens with one attached hydrogen (secondary N) is 2. The molecular weight excluding hydrogens is 286 g/mol. The van der Waals surface area contributed by atoms with Gasteiger partial charge in [-0.3, -0.25) is 0 Å². The first kappa shape index (κ1) is 17.2. The lowest BCUT2D eigenvalue weighted by Gasteiger charge is -2.40. The van der Waals surface area contributed by atoms with Gasteiger partial charge in [0.15, 0.2) is 0 Å². The Balaban J connectivity index is 1.94. The van der Waals surface area contributed by atoms with Crippen LogP contribution in [0.25, 0.3) is 0 Å². The molecule has 0 aromatic heterocycles. The van der Waals surface area contributed by atoms with Crippen LogP contribution < -0.4 is 10.0 Å². The summed E-state index contributed by atoms with van der Waals surface area (Å²) in [5.41, 5.74) is 0.175. The zero-order valence-electron chi connectivity index (χ0n) is 13.7. The van der Waals surface area contributed by atoms with Gasteiger partial charge in [-0.05, 0) is 31.1 Å². The molecule has 21 heavy (non-hydrogen) atoms. The van der Waals surface area contributed by atoms with Gasteiger partial charge in [0.1, 0.15) is 0 Å². The fourth-order valence-corrected chi connectivity index (χ4v) is 4.81. The van der Waals surface area contributed by atoms with E-state index in [1.807, 2.05) is 0 Å². The summed E-state index contributed by atoms with van der Waals surface area (Å²) in [4.78, 5) is 0. The largest absolute Gasteiger partial charge is 0.313 e. The Morgan fingerprint density at radius 1 is 1.24 bits per heavy atom. The second kappa shape index (κ2) is 6.94. The molecule has 1 saturated heterocycles. The molecule has 6 heteroatoms. The van der Waals surface area contributed by atoms with E-state index in [0.29, 0.717) is 19.1 Å². The maximum Gasteiger partial charge on any atom is 0.279 e. The summed E-state index contributed by atoms with van der Waals surface area (Å²) in [5, 5.41) is 3.38. The highest BCUT2D eigenvalue weighted by Gasteiger charge is 2.36. The van der Waals surface area contributed by atoms with Crippen LogP contribution in [0.2, 0.25) is 0 Å². The Labute approximate surface area is 130 Å². The van der Waals surface area contributed by atoms with Crippen LogP contribution in [0.5, 0.6) is 0 Å². The molecule has 2 N–H and O–H groups in total. The minimum atomic E-state index is -3.35. The van der Waals surface area contributed by atoms with Crippen molar-refractivity contribution in [3.63, 3.8) is 0 Å². The lowest BCUT2D eigenvalue weighted by molar-refractivity contribution is 0.163. The van der Waals surface area contributed by atoms with Crippen molar-refractivity contribution in [2.24, 2.45) is 5.41 Å². The van der Waals surface area contributed by atoms with Crippen LogP contribution >= 0.6 is 0 Å². The van der Waals surface area contributed by atoms with Crippen molar-refractivity contribution in [3.8, 4) is 0 Å². The summed E-state index contributed by atoms with van der Waals surface area (Å²) in [7, 11) is -3.35. The minimum absolute atomic E-state index is 0.0906. The molecule has 2 fully saturated rings. The molecule has 0 radical (unpaired) electrons. The van der Waals surface area contributed by atoms with Crippen molar-refractivity contribution in [2.45, 2.75) is 71.4 Å². The Hall–Kier alpha value is -0.170. The normalized spacial score (nSPS) is 26.8. The number of hydrogen-bond acceptors (Lipinski definition) is 3. The number of hydrogen-bond donors (Lipinski definition) is 2. The van der Waals surface area contributed by atoms with E-state index in [0.717, 1.165) is 38.6 Å². The molecule has 0 aromatic rings. The molecule has 1 heterocycles. The van der Waals surface area contributed by atoms with Gasteiger partial charge in [0, 0.05) is 31.7 Å². The Morgan fingerprint density at radius 3 is 2.52 bits per heavy atom.